The quantitative estimate of drug-likeness (QED) is 0.677. The Morgan fingerprint density at radius 2 is 2.00 bits per heavy atom. The first-order valence-corrected chi connectivity index (χ1v) is 8.57. The van der Waals surface area contributed by atoms with Crippen LogP contribution in [0, 0.1) is 0 Å². The molecule has 1 aromatic heterocycles. The number of nitrogens with zero attached hydrogens (tertiary/aromatic N) is 3. The first-order valence-electron chi connectivity index (χ1n) is 8.57. The number of carbonyl (C=O) groups excluding carboxylic acids is 2. The maximum atomic E-state index is 12.6. The number of aryl methyl sites for hydroxylation is 1. The van der Waals surface area contributed by atoms with Crippen molar-refractivity contribution in [1.29, 1.82) is 0 Å². The summed E-state index contributed by atoms with van der Waals surface area (Å²) < 4.78 is 12.1. The average Bonchev–Trinajstić information content (AvgIpc) is 3.07. The van der Waals surface area contributed by atoms with Gasteiger partial charge in [-0.2, -0.15) is 0 Å². The second-order valence-electron chi connectivity index (χ2n) is 6.01. The smallest absolute Gasteiger partial charge is 0.410 e. The Morgan fingerprint density at radius 3 is 2.58 bits per heavy atom. The van der Waals surface area contributed by atoms with Crippen molar-refractivity contribution in [2.75, 3.05) is 13.7 Å². The van der Waals surface area contributed by atoms with Gasteiger partial charge in [-0.05, 0) is 12.0 Å². The maximum Gasteiger partial charge on any atom is 0.410 e. The molecule has 0 saturated heterocycles. The van der Waals surface area contributed by atoms with Crippen molar-refractivity contribution in [3.05, 3.63) is 54.1 Å². The highest BCUT2D eigenvalue weighted by molar-refractivity contribution is 5.81. The first-order chi connectivity index (χ1) is 12.5. The summed E-state index contributed by atoms with van der Waals surface area (Å²) in [6, 6.07) is 8.63. The molecule has 7 nitrogen and oxygen atoms in total. The molecule has 0 unspecified atom stereocenters. The van der Waals surface area contributed by atoms with Crippen LogP contribution < -0.4 is 0 Å². The third-order valence-electron chi connectivity index (χ3n) is 3.91. The molecule has 2 aromatic rings. The highest BCUT2D eigenvalue weighted by atomic mass is 16.6. The fraction of sp³-hybridized carbons (Fsp3) is 0.421. The second kappa shape index (κ2) is 9.60. The number of ether oxygens (including phenoxy) is 2. The van der Waals surface area contributed by atoms with Gasteiger partial charge >= 0.3 is 12.1 Å². The van der Waals surface area contributed by atoms with Crippen molar-refractivity contribution in [1.82, 2.24) is 14.5 Å². The van der Waals surface area contributed by atoms with Gasteiger partial charge in [0.05, 0.1) is 19.1 Å². The van der Waals surface area contributed by atoms with E-state index in [1.165, 1.54) is 12.0 Å². The monoisotopic (exact) mass is 359 g/mol. The van der Waals surface area contributed by atoms with Crippen LogP contribution in [0.4, 0.5) is 4.79 Å². The molecule has 0 aliphatic carbocycles. The molecular formula is C19H25N3O4. The summed E-state index contributed by atoms with van der Waals surface area (Å²) in [5.41, 5.74) is 1.59. The van der Waals surface area contributed by atoms with Gasteiger partial charge in [0.1, 0.15) is 12.6 Å². The van der Waals surface area contributed by atoms with Crippen LogP contribution in [0.3, 0.4) is 0 Å². The predicted molar refractivity (Wildman–Crippen MR) is 96.3 cm³/mol. The number of imidazole rings is 1. The molecule has 1 atom stereocenters. The van der Waals surface area contributed by atoms with Gasteiger partial charge in [0.2, 0.25) is 0 Å². The first kappa shape index (κ1) is 19.5. The van der Waals surface area contributed by atoms with Crippen LogP contribution in [0.5, 0.6) is 0 Å². The van der Waals surface area contributed by atoms with E-state index in [9.17, 15) is 9.59 Å². The number of carbonyl (C=O) groups is 2. The summed E-state index contributed by atoms with van der Waals surface area (Å²) in [5.74, 6) is -0.485. The van der Waals surface area contributed by atoms with Gasteiger partial charge in [-0.15, -0.1) is 0 Å². The molecule has 1 aromatic carbocycles. The van der Waals surface area contributed by atoms with Gasteiger partial charge in [-0.1, -0.05) is 37.3 Å². The van der Waals surface area contributed by atoms with Crippen LogP contribution in [0.2, 0.25) is 0 Å². The largest absolute Gasteiger partial charge is 0.467 e. The Hall–Kier alpha value is -2.83. The lowest BCUT2D eigenvalue weighted by atomic mass is 10.1. The van der Waals surface area contributed by atoms with E-state index in [-0.39, 0.29) is 13.0 Å². The highest BCUT2D eigenvalue weighted by Crippen LogP contribution is 2.13. The summed E-state index contributed by atoms with van der Waals surface area (Å²) in [7, 11) is 3.16. The number of hydrogen-bond acceptors (Lipinski definition) is 5. The number of amides is 1. The number of methoxy groups -OCH3 is 1. The normalized spacial score (nSPS) is 11.7. The molecule has 0 saturated carbocycles. The van der Waals surface area contributed by atoms with Crippen LogP contribution >= 0.6 is 0 Å². The van der Waals surface area contributed by atoms with E-state index in [1.54, 1.807) is 10.9 Å². The highest BCUT2D eigenvalue weighted by Gasteiger charge is 2.32. The predicted octanol–water partition coefficient (Wildman–Crippen LogP) is 2.55. The summed E-state index contributed by atoms with van der Waals surface area (Å²) in [6.45, 7) is 2.48. The second-order valence-corrected chi connectivity index (χ2v) is 6.01. The molecule has 0 fully saturated rings. The summed E-state index contributed by atoms with van der Waals surface area (Å²) in [6.07, 6.45) is 3.89. The Bertz CT molecular complexity index is 715. The molecule has 0 spiro atoms. The van der Waals surface area contributed by atoms with Crippen molar-refractivity contribution >= 4 is 12.1 Å². The number of aromatic nitrogens is 2. The van der Waals surface area contributed by atoms with Crippen LogP contribution in [0.15, 0.2) is 42.9 Å². The summed E-state index contributed by atoms with van der Waals surface area (Å²) in [5, 5.41) is 0. The summed E-state index contributed by atoms with van der Waals surface area (Å²) in [4.78, 5) is 30.6. The number of hydrogen-bond donors (Lipinski definition) is 0. The molecule has 0 radical (unpaired) electrons. The van der Waals surface area contributed by atoms with Gasteiger partial charge in [0, 0.05) is 26.2 Å². The molecule has 1 amide bonds. The summed E-state index contributed by atoms with van der Waals surface area (Å²) >= 11 is 0. The molecule has 0 aliphatic rings. The van der Waals surface area contributed by atoms with Gasteiger partial charge in [0.25, 0.3) is 0 Å². The standard InChI is InChI=1S/C19H25N3O4/c1-4-10-22(19(24)26-13-15-8-6-5-7-9-15)17(18(23)25-3)11-16-12-21(2)14-20-16/h5-9,12,14,17H,4,10-11,13H2,1-3H3/t17-/m1/s1. The molecule has 0 N–H and O–H groups in total. The third kappa shape index (κ3) is 5.34. The van der Waals surface area contributed by atoms with Gasteiger partial charge in [0.15, 0.2) is 0 Å². The maximum absolute atomic E-state index is 12.6. The average molecular weight is 359 g/mol. The third-order valence-corrected chi connectivity index (χ3v) is 3.91. The zero-order valence-electron chi connectivity index (χ0n) is 15.4. The van der Waals surface area contributed by atoms with Crippen LogP contribution in [-0.2, 0) is 34.3 Å². The number of esters is 1. The minimum atomic E-state index is -0.780. The van der Waals surface area contributed by atoms with Crippen molar-refractivity contribution in [2.24, 2.45) is 7.05 Å². The van der Waals surface area contributed by atoms with Gasteiger partial charge in [-0.25, -0.2) is 14.6 Å². The lowest BCUT2D eigenvalue weighted by Gasteiger charge is -2.28. The van der Waals surface area contributed by atoms with Crippen molar-refractivity contribution in [3.8, 4) is 0 Å². The van der Waals surface area contributed by atoms with Crippen LogP contribution in [0.1, 0.15) is 24.6 Å². The minimum Gasteiger partial charge on any atom is -0.467 e. The Morgan fingerprint density at radius 1 is 1.27 bits per heavy atom. The molecule has 26 heavy (non-hydrogen) atoms. The minimum absolute atomic E-state index is 0.150. The van der Waals surface area contributed by atoms with E-state index < -0.39 is 18.1 Å². The van der Waals surface area contributed by atoms with Crippen LogP contribution in [0.25, 0.3) is 0 Å². The number of rotatable bonds is 8. The van der Waals surface area contributed by atoms with Gasteiger partial charge in [-0.3, -0.25) is 4.90 Å². The molecule has 2 rings (SSSR count). The van der Waals surface area contributed by atoms with E-state index in [2.05, 4.69) is 4.98 Å². The van der Waals surface area contributed by atoms with Gasteiger partial charge < -0.3 is 14.0 Å². The topological polar surface area (TPSA) is 73.7 Å². The lowest BCUT2D eigenvalue weighted by Crippen LogP contribution is -2.47. The zero-order valence-corrected chi connectivity index (χ0v) is 15.4. The van der Waals surface area contributed by atoms with Crippen molar-refractivity contribution in [2.45, 2.75) is 32.4 Å². The van der Waals surface area contributed by atoms with E-state index in [0.717, 1.165) is 5.56 Å². The molecule has 0 aliphatic heterocycles. The molecular weight excluding hydrogens is 334 g/mol. The fourth-order valence-corrected chi connectivity index (χ4v) is 2.64. The molecule has 0 bridgehead atoms. The molecule has 7 heteroatoms. The van der Waals surface area contributed by atoms with E-state index >= 15 is 0 Å². The SMILES string of the molecule is CCCN(C(=O)OCc1ccccc1)[C@H](Cc1cn(C)cn1)C(=O)OC. The molecule has 1 heterocycles. The Balaban J connectivity index is 2.12. The van der Waals surface area contributed by atoms with E-state index in [1.807, 2.05) is 50.5 Å². The van der Waals surface area contributed by atoms with E-state index in [4.69, 9.17) is 9.47 Å². The van der Waals surface area contributed by atoms with Crippen molar-refractivity contribution in [3.63, 3.8) is 0 Å². The van der Waals surface area contributed by atoms with Crippen LogP contribution in [-0.4, -0.2) is 46.2 Å². The zero-order chi connectivity index (χ0) is 18.9. The fourth-order valence-electron chi connectivity index (χ4n) is 2.64. The molecule has 140 valence electrons. The Kier molecular flexibility index (Phi) is 7.20. The van der Waals surface area contributed by atoms with E-state index in [0.29, 0.717) is 18.7 Å². The Labute approximate surface area is 153 Å². The van der Waals surface area contributed by atoms with Crippen molar-refractivity contribution < 1.29 is 19.1 Å². The lowest BCUT2D eigenvalue weighted by molar-refractivity contribution is -0.146. The number of benzene rings is 1.